The lowest BCUT2D eigenvalue weighted by Gasteiger charge is -2.54. The zero-order chi connectivity index (χ0) is 9.81. The Bertz CT molecular complexity index is 207. The second kappa shape index (κ2) is 3.23. The molecule has 6 saturated carbocycles. The Hall–Kier alpha value is 0.960. The molecule has 0 radical (unpaired) electrons. The van der Waals surface area contributed by atoms with Crippen LogP contribution in [0, 0.1) is 11.8 Å². The van der Waals surface area contributed by atoms with Crippen molar-refractivity contribution in [1.29, 1.82) is 0 Å². The predicted octanol–water partition coefficient (Wildman–Crippen LogP) is 4.65. The molecule has 6 fully saturated rings. The van der Waals surface area contributed by atoms with E-state index in [1.165, 1.54) is 51.4 Å². The fourth-order valence-corrected chi connectivity index (χ4v) is 5.88. The summed E-state index contributed by atoms with van der Waals surface area (Å²) in [5.41, 5.74) is 0. The number of alkyl halides is 2. The molecular weight excluding hydrogens is 304 g/mol. The molecule has 0 nitrogen and oxygen atoms in total. The van der Waals surface area contributed by atoms with Crippen molar-refractivity contribution >= 4 is 31.9 Å². The van der Waals surface area contributed by atoms with Gasteiger partial charge in [-0.2, -0.15) is 0 Å². The van der Waals surface area contributed by atoms with E-state index in [0.29, 0.717) is 8.65 Å². The molecule has 0 aromatic heterocycles. The average Bonchev–Trinajstić information content (AvgIpc) is 2.17. The van der Waals surface area contributed by atoms with Crippen LogP contribution in [0.15, 0.2) is 0 Å². The first-order valence-electron chi connectivity index (χ1n) is 6.00. The monoisotopic (exact) mass is 320 g/mol. The van der Waals surface area contributed by atoms with Gasteiger partial charge < -0.3 is 0 Å². The van der Waals surface area contributed by atoms with Crippen LogP contribution in [0.1, 0.15) is 51.4 Å². The molecule has 80 valence electrons. The molecule has 0 amide bonds. The topological polar surface area (TPSA) is 0 Å². The minimum atomic E-state index is 0.540. The van der Waals surface area contributed by atoms with Gasteiger partial charge in [0.25, 0.3) is 0 Å². The van der Waals surface area contributed by atoms with Gasteiger partial charge in [-0.05, 0) is 63.2 Å². The molecule has 0 N–H and O–H groups in total. The van der Waals surface area contributed by atoms with Gasteiger partial charge in [-0.25, -0.2) is 0 Å². The van der Waals surface area contributed by atoms with Crippen molar-refractivity contribution in [1.82, 2.24) is 0 Å². The maximum atomic E-state index is 4.07. The zero-order valence-corrected chi connectivity index (χ0v) is 11.7. The summed E-state index contributed by atoms with van der Waals surface area (Å²) in [5.74, 6) is 1.93. The lowest BCUT2D eigenvalue weighted by Crippen LogP contribution is -2.49. The Balaban J connectivity index is 1.96. The summed E-state index contributed by atoms with van der Waals surface area (Å²) in [7, 11) is 0. The summed E-state index contributed by atoms with van der Waals surface area (Å²) in [6.07, 6.45) is 11.5. The second-order valence-electron chi connectivity index (χ2n) is 5.62. The van der Waals surface area contributed by atoms with Crippen molar-refractivity contribution in [2.24, 2.45) is 11.8 Å². The van der Waals surface area contributed by atoms with Gasteiger partial charge in [-0.15, -0.1) is 0 Å². The van der Waals surface area contributed by atoms with Gasteiger partial charge in [0.05, 0.1) is 0 Å². The normalized spacial score (nSPS) is 57.0. The van der Waals surface area contributed by atoms with Crippen molar-refractivity contribution in [2.45, 2.75) is 60.0 Å². The SMILES string of the molecule is BrC12CCC(CC1)C1(Br)CCC2CC1. The highest BCUT2D eigenvalue weighted by atomic mass is 79.9. The van der Waals surface area contributed by atoms with Crippen LogP contribution in [0.2, 0.25) is 0 Å². The first kappa shape index (κ1) is 10.1. The van der Waals surface area contributed by atoms with Gasteiger partial charge in [0.15, 0.2) is 0 Å². The quantitative estimate of drug-likeness (QED) is 0.570. The van der Waals surface area contributed by atoms with Gasteiger partial charge in [0.1, 0.15) is 0 Å². The fourth-order valence-electron chi connectivity index (χ4n) is 4.05. The van der Waals surface area contributed by atoms with Crippen molar-refractivity contribution in [3.8, 4) is 0 Å². The van der Waals surface area contributed by atoms with Crippen LogP contribution in [0.4, 0.5) is 0 Å². The number of halogens is 2. The lowest BCUT2D eigenvalue weighted by atomic mass is 9.59. The molecule has 0 heterocycles. The lowest BCUT2D eigenvalue weighted by molar-refractivity contribution is 0.0999. The average molecular weight is 322 g/mol. The van der Waals surface area contributed by atoms with Crippen molar-refractivity contribution in [3.05, 3.63) is 0 Å². The Morgan fingerprint density at radius 2 is 0.929 bits per heavy atom. The molecule has 6 aliphatic rings. The fraction of sp³-hybridized carbons (Fsp3) is 1.00. The second-order valence-corrected chi connectivity index (χ2v) is 8.78. The van der Waals surface area contributed by atoms with Gasteiger partial charge in [-0.1, -0.05) is 31.9 Å². The maximum absolute atomic E-state index is 4.07. The molecule has 0 saturated heterocycles. The van der Waals surface area contributed by atoms with Crippen molar-refractivity contribution in [3.63, 3.8) is 0 Å². The van der Waals surface area contributed by atoms with E-state index in [1.807, 2.05) is 0 Å². The summed E-state index contributed by atoms with van der Waals surface area (Å²) >= 11 is 8.14. The zero-order valence-electron chi connectivity index (χ0n) is 8.57. The summed E-state index contributed by atoms with van der Waals surface area (Å²) in [4.78, 5) is 0. The molecule has 0 unspecified atom stereocenters. The summed E-state index contributed by atoms with van der Waals surface area (Å²) < 4.78 is 1.08. The van der Waals surface area contributed by atoms with E-state index < -0.39 is 0 Å². The van der Waals surface area contributed by atoms with Crippen LogP contribution < -0.4 is 0 Å². The van der Waals surface area contributed by atoms with Crippen LogP contribution >= 0.6 is 31.9 Å². The minimum absolute atomic E-state index is 0.540. The van der Waals surface area contributed by atoms with Crippen LogP contribution in [0.25, 0.3) is 0 Å². The minimum Gasteiger partial charge on any atom is -0.0850 e. The molecule has 0 aromatic carbocycles. The van der Waals surface area contributed by atoms with E-state index in [2.05, 4.69) is 31.9 Å². The van der Waals surface area contributed by atoms with Gasteiger partial charge in [0, 0.05) is 8.65 Å². The molecule has 0 spiro atoms. The number of rotatable bonds is 0. The largest absolute Gasteiger partial charge is 0.0850 e. The highest BCUT2D eigenvalue weighted by Gasteiger charge is 2.51. The first-order chi connectivity index (χ1) is 6.62. The highest BCUT2D eigenvalue weighted by Crippen LogP contribution is 2.59. The first-order valence-corrected chi connectivity index (χ1v) is 7.59. The Morgan fingerprint density at radius 1 is 0.643 bits per heavy atom. The summed E-state index contributed by atoms with van der Waals surface area (Å²) in [5, 5.41) is 0. The summed E-state index contributed by atoms with van der Waals surface area (Å²) in [6.45, 7) is 0. The van der Waals surface area contributed by atoms with E-state index in [9.17, 15) is 0 Å². The van der Waals surface area contributed by atoms with Crippen LogP contribution in [0.3, 0.4) is 0 Å². The third kappa shape index (κ3) is 1.36. The molecule has 6 aliphatic carbocycles. The number of hydrogen-bond donors (Lipinski definition) is 0. The van der Waals surface area contributed by atoms with Crippen LogP contribution in [0.5, 0.6) is 0 Å². The molecule has 0 atom stereocenters. The third-order valence-electron chi connectivity index (χ3n) is 5.10. The standard InChI is InChI=1S/C12H18Br2/c13-11-5-1-9(2-6-11)12(14)7-3-10(11)4-8-12/h9-10H,1-8H2. The van der Waals surface area contributed by atoms with Gasteiger partial charge in [-0.3, -0.25) is 0 Å². The summed E-state index contributed by atoms with van der Waals surface area (Å²) in [6, 6.07) is 0. The van der Waals surface area contributed by atoms with Crippen LogP contribution in [-0.4, -0.2) is 8.65 Å². The Kier molecular flexibility index (Phi) is 2.34. The van der Waals surface area contributed by atoms with Crippen LogP contribution in [-0.2, 0) is 0 Å². The predicted molar refractivity (Wildman–Crippen MR) is 67.2 cm³/mol. The molecule has 4 bridgehead atoms. The molecule has 14 heavy (non-hydrogen) atoms. The van der Waals surface area contributed by atoms with Gasteiger partial charge >= 0.3 is 0 Å². The maximum Gasteiger partial charge on any atom is 0.0286 e. The molecular formula is C12H18Br2. The highest BCUT2D eigenvalue weighted by molar-refractivity contribution is 9.10. The Labute approximate surface area is 103 Å². The van der Waals surface area contributed by atoms with E-state index >= 15 is 0 Å². The van der Waals surface area contributed by atoms with E-state index in [0.717, 1.165) is 11.8 Å². The molecule has 2 heteroatoms. The third-order valence-corrected chi connectivity index (χ3v) is 7.98. The number of hydrogen-bond acceptors (Lipinski definition) is 0. The Morgan fingerprint density at radius 3 is 1.21 bits per heavy atom. The molecule has 0 aromatic rings. The van der Waals surface area contributed by atoms with E-state index in [-0.39, 0.29) is 0 Å². The molecule has 6 rings (SSSR count). The van der Waals surface area contributed by atoms with Crippen molar-refractivity contribution in [2.75, 3.05) is 0 Å². The van der Waals surface area contributed by atoms with Gasteiger partial charge in [0.2, 0.25) is 0 Å². The molecule has 0 aliphatic heterocycles. The van der Waals surface area contributed by atoms with E-state index in [1.54, 1.807) is 0 Å². The van der Waals surface area contributed by atoms with Crippen molar-refractivity contribution < 1.29 is 0 Å². The smallest absolute Gasteiger partial charge is 0.0286 e. The van der Waals surface area contributed by atoms with E-state index in [4.69, 9.17) is 0 Å².